The summed E-state index contributed by atoms with van der Waals surface area (Å²) in [6.07, 6.45) is 3.21. The van der Waals surface area contributed by atoms with Gasteiger partial charge in [0.2, 0.25) is 5.76 Å². The van der Waals surface area contributed by atoms with E-state index in [0.29, 0.717) is 52.6 Å². The molecular weight excluding hydrogens is 458 g/mol. The van der Waals surface area contributed by atoms with Gasteiger partial charge in [0.25, 0.3) is 5.91 Å². The van der Waals surface area contributed by atoms with Gasteiger partial charge in [-0.2, -0.15) is 0 Å². The van der Waals surface area contributed by atoms with Gasteiger partial charge in [-0.15, -0.1) is 0 Å². The number of ether oxygens (including phenoxy) is 2. The summed E-state index contributed by atoms with van der Waals surface area (Å²) in [4.78, 5) is 29.1. The highest BCUT2D eigenvalue weighted by Crippen LogP contribution is 2.42. The average Bonchev–Trinajstić information content (AvgIpc) is 3.47. The molecule has 1 atom stereocenters. The molecule has 36 heavy (non-hydrogen) atoms. The first kappa shape index (κ1) is 23.5. The molecule has 2 aromatic carbocycles. The summed E-state index contributed by atoms with van der Waals surface area (Å²) < 4.78 is 23.2. The van der Waals surface area contributed by atoms with Crippen LogP contribution in [0, 0.1) is 13.8 Å². The lowest BCUT2D eigenvalue weighted by Crippen LogP contribution is -2.29. The van der Waals surface area contributed by atoms with Crippen molar-refractivity contribution in [3.8, 4) is 11.5 Å². The molecule has 0 fully saturated rings. The summed E-state index contributed by atoms with van der Waals surface area (Å²) in [6.45, 7) is 10.4. The predicted molar refractivity (Wildman–Crippen MR) is 136 cm³/mol. The first-order chi connectivity index (χ1) is 17.4. The third-order valence-corrected chi connectivity index (χ3v) is 6.43. The van der Waals surface area contributed by atoms with E-state index in [1.54, 1.807) is 35.4 Å². The van der Waals surface area contributed by atoms with Crippen molar-refractivity contribution in [3.05, 3.63) is 105 Å². The molecule has 0 aliphatic carbocycles. The maximum Gasteiger partial charge on any atom is 0.291 e. The number of hydrogen-bond acceptors (Lipinski definition) is 6. The van der Waals surface area contributed by atoms with Crippen molar-refractivity contribution in [3.63, 3.8) is 0 Å². The molecule has 0 spiro atoms. The number of nitrogens with zero attached hydrogens (tertiary/aromatic N) is 1. The van der Waals surface area contributed by atoms with Gasteiger partial charge in [0.15, 0.2) is 16.9 Å². The fourth-order valence-corrected chi connectivity index (χ4v) is 4.59. The number of furan rings is 1. The Morgan fingerprint density at radius 3 is 2.58 bits per heavy atom. The van der Waals surface area contributed by atoms with E-state index >= 15 is 0 Å². The summed E-state index contributed by atoms with van der Waals surface area (Å²) in [5, 5.41) is 0.450. The van der Waals surface area contributed by atoms with E-state index in [1.807, 2.05) is 45.0 Å². The Labute approximate surface area is 208 Å². The zero-order valence-corrected chi connectivity index (χ0v) is 20.5. The van der Waals surface area contributed by atoms with Crippen LogP contribution in [-0.4, -0.2) is 24.0 Å². The van der Waals surface area contributed by atoms with Gasteiger partial charge in [0, 0.05) is 0 Å². The predicted octanol–water partition coefficient (Wildman–Crippen LogP) is 5.71. The summed E-state index contributed by atoms with van der Waals surface area (Å²) in [5.41, 5.74) is 3.15. The van der Waals surface area contributed by atoms with Crippen LogP contribution in [0.15, 0.2) is 75.0 Å². The number of benzene rings is 2. The highest BCUT2D eigenvalue weighted by molar-refractivity contribution is 5.99. The molecule has 1 aliphatic rings. The normalized spacial score (nSPS) is 14.8. The highest BCUT2D eigenvalue weighted by atomic mass is 16.5. The molecule has 0 saturated heterocycles. The summed E-state index contributed by atoms with van der Waals surface area (Å²) in [7, 11) is 0. The van der Waals surface area contributed by atoms with Crippen LogP contribution in [0.2, 0.25) is 0 Å². The van der Waals surface area contributed by atoms with Gasteiger partial charge in [-0.05, 0) is 73.9 Å². The van der Waals surface area contributed by atoms with E-state index in [-0.39, 0.29) is 23.6 Å². The lowest BCUT2D eigenvalue weighted by atomic mass is 9.97. The van der Waals surface area contributed by atoms with Crippen LogP contribution >= 0.6 is 0 Å². The fourth-order valence-electron chi connectivity index (χ4n) is 4.59. The van der Waals surface area contributed by atoms with Crippen molar-refractivity contribution in [2.24, 2.45) is 0 Å². The summed E-state index contributed by atoms with van der Waals surface area (Å²) in [6, 6.07) is 11.9. The number of fused-ring (bicyclic) bond motifs is 2. The Balaban J connectivity index is 1.71. The smallest absolute Gasteiger partial charge is 0.291 e. The average molecular weight is 486 g/mol. The van der Waals surface area contributed by atoms with E-state index in [4.69, 9.17) is 18.3 Å². The zero-order valence-electron chi connectivity index (χ0n) is 20.5. The first-order valence-corrected chi connectivity index (χ1v) is 11.8. The van der Waals surface area contributed by atoms with E-state index in [1.165, 1.54) is 0 Å². The maximum absolute atomic E-state index is 13.9. The topological polar surface area (TPSA) is 82.1 Å². The molecule has 7 nitrogen and oxygen atoms in total. The number of rotatable bonds is 8. The molecule has 2 aromatic heterocycles. The molecule has 0 N–H and O–H groups in total. The quantitative estimate of drug-likeness (QED) is 0.297. The molecule has 1 aliphatic heterocycles. The number of carbonyl (C=O) groups excluding carboxylic acids is 1. The van der Waals surface area contributed by atoms with Gasteiger partial charge in [-0.3, -0.25) is 9.59 Å². The molecule has 184 valence electrons. The summed E-state index contributed by atoms with van der Waals surface area (Å²) in [5.74, 6) is 1.36. The van der Waals surface area contributed by atoms with Gasteiger partial charge >= 0.3 is 0 Å². The molecule has 0 saturated carbocycles. The standard InChI is InChI=1S/C29H27NO6/c1-5-11-35-22-10-9-19(15-24(22)33-6-2)26-25-27(31)21-13-17(3)18(4)14-23(21)36-28(25)29(32)30(26)16-20-8-7-12-34-20/h5,7-10,12-15,26H,1,6,11,16H2,2-4H3. The van der Waals surface area contributed by atoms with Crippen molar-refractivity contribution in [2.75, 3.05) is 13.2 Å². The molecule has 5 rings (SSSR count). The lowest BCUT2D eigenvalue weighted by molar-refractivity contribution is 0.0701. The number of aryl methyl sites for hydroxylation is 2. The van der Waals surface area contributed by atoms with Crippen LogP contribution in [-0.2, 0) is 6.54 Å². The fraction of sp³-hybridized carbons (Fsp3) is 0.241. The molecule has 3 heterocycles. The Morgan fingerprint density at radius 2 is 1.86 bits per heavy atom. The molecular formula is C29H27NO6. The molecule has 7 heteroatoms. The Hall–Kier alpha value is -4.26. The van der Waals surface area contributed by atoms with Crippen LogP contribution in [0.25, 0.3) is 11.0 Å². The van der Waals surface area contributed by atoms with Crippen molar-refractivity contribution >= 4 is 16.9 Å². The maximum atomic E-state index is 13.9. The lowest BCUT2D eigenvalue weighted by Gasteiger charge is -2.25. The second-order valence-corrected chi connectivity index (χ2v) is 8.76. The third kappa shape index (κ3) is 3.96. The van der Waals surface area contributed by atoms with Crippen LogP contribution in [0.3, 0.4) is 0 Å². The van der Waals surface area contributed by atoms with E-state index in [0.717, 1.165) is 11.1 Å². The van der Waals surface area contributed by atoms with Gasteiger partial charge in [-0.25, -0.2) is 0 Å². The molecule has 1 amide bonds. The van der Waals surface area contributed by atoms with E-state index < -0.39 is 6.04 Å². The van der Waals surface area contributed by atoms with Gasteiger partial charge in [-0.1, -0.05) is 18.7 Å². The van der Waals surface area contributed by atoms with Crippen LogP contribution in [0.4, 0.5) is 0 Å². The zero-order chi connectivity index (χ0) is 25.4. The SMILES string of the molecule is C=CCOc1ccc(C2c3c(oc4cc(C)c(C)cc4c3=O)C(=O)N2Cc2ccco2)cc1OCC. The minimum atomic E-state index is -0.687. The largest absolute Gasteiger partial charge is 0.490 e. The number of carbonyl (C=O) groups is 1. The Kier molecular flexibility index (Phi) is 6.14. The minimum absolute atomic E-state index is 0.0530. The summed E-state index contributed by atoms with van der Waals surface area (Å²) >= 11 is 0. The molecule has 0 radical (unpaired) electrons. The van der Waals surface area contributed by atoms with Crippen LogP contribution in [0.5, 0.6) is 11.5 Å². The van der Waals surface area contributed by atoms with Crippen molar-refractivity contribution in [1.29, 1.82) is 0 Å². The second kappa shape index (κ2) is 9.41. The van der Waals surface area contributed by atoms with Gasteiger partial charge in [0.1, 0.15) is 18.0 Å². The minimum Gasteiger partial charge on any atom is -0.490 e. The highest BCUT2D eigenvalue weighted by Gasteiger charge is 2.43. The van der Waals surface area contributed by atoms with Crippen LogP contribution in [0.1, 0.15) is 51.5 Å². The number of hydrogen-bond donors (Lipinski definition) is 0. The van der Waals surface area contributed by atoms with Gasteiger partial charge in [0.05, 0.1) is 36.4 Å². The van der Waals surface area contributed by atoms with Gasteiger partial charge < -0.3 is 23.2 Å². The van der Waals surface area contributed by atoms with Crippen LogP contribution < -0.4 is 14.9 Å². The van der Waals surface area contributed by atoms with Crippen molar-refractivity contribution in [1.82, 2.24) is 4.90 Å². The Bertz CT molecular complexity index is 1520. The van der Waals surface area contributed by atoms with E-state index in [2.05, 4.69) is 6.58 Å². The molecule has 4 aromatic rings. The van der Waals surface area contributed by atoms with E-state index in [9.17, 15) is 9.59 Å². The number of amides is 1. The third-order valence-electron chi connectivity index (χ3n) is 6.43. The monoisotopic (exact) mass is 485 g/mol. The molecule has 0 bridgehead atoms. The van der Waals surface area contributed by atoms with Crippen molar-refractivity contribution < 1.29 is 23.1 Å². The first-order valence-electron chi connectivity index (χ1n) is 11.8. The second-order valence-electron chi connectivity index (χ2n) is 8.76. The molecule has 1 unspecified atom stereocenters. The Morgan fingerprint density at radius 1 is 1.06 bits per heavy atom. The van der Waals surface area contributed by atoms with Crippen molar-refractivity contribution in [2.45, 2.75) is 33.4 Å².